The van der Waals surface area contributed by atoms with Crippen molar-refractivity contribution in [1.82, 2.24) is 0 Å². The van der Waals surface area contributed by atoms with Crippen molar-refractivity contribution in [2.75, 3.05) is 14.2 Å². The molecule has 0 aromatic carbocycles. The van der Waals surface area contributed by atoms with E-state index in [1.165, 1.54) is 14.2 Å². The second-order valence-electron chi connectivity index (χ2n) is 2.82. The molecule has 0 spiro atoms. The molecule has 0 amide bonds. The van der Waals surface area contributed by atoms with E-state index in [-0.39, 0.29) is 0 Å². The van der Waals surface area contributed by atoms with E-state index in [4.69, 9.17) is 14.2 Å². The summed E-state index contributed by atoms with van der Waals surface area (Å²) in [4.78, 5) is 0. The molecule has 0 unspecified atom stereocenters. The lowest BCUT2D eigenvalue weighted by Crippen LogP contribution is -2.58. The van der Waals surface area contributed by atoms with Crippen LogP contribution in [0, 0.1) is 0 Å². The molecule has 3 N–H and O–H groups in total. The molecule has 13 heavy (non-hydrogen) atoms. The Bertz CT molecular complexity index is 143. The Balaban J connectivity index is 2.66. The Morgan fingerprint density at radius 2 is 1.23 bits per heavy atom. The fourth-order valence-corrected chi connectivity index (χ4v) is 1.21. The molecule has 1 aliphatic rings. The van der Waals surface area contributed by atoms with Gasteiger partial charge in [0.2, 0.25) is 0 Å². The van der Waals surface area contributed by atoms with E-state index >= 15 is 0 Å². The SMILES string of the molecule is CO[C@H]1O[C@H](OC)[C@H](O)C(O)[C@H]1O. The molecule has 0 aromatic heterocycles. The molecule has 4 atom stereocenters. The van der Waals surface area contributed by atoms with E-state index < -0.39 is 30.9 Å². The van der Waals surface area contributed by atoms with E-state index in [0.29, 0.717) is 0 Å². The van der Waals surface area contributed by atoms with Crippen LogP contribution in [0.3, 0.4) is 0 Å². The number of aliphatic hydroxyl groups is 3. The molecule has 6 nitrogen and oxygen atoms in total. The van der Waals surface area contributed by atoms with Crippen LogP contribution in [0.4, 0.5) is 0 Å². The molecule has 0 bridgehead atoms. The zero-order valence-electron chi connectivity index (χ0n) is 7.45. The van der Waals surface area contributed by atoms with Crippen molar-refractivity contribution in [3.8, 4) is 0 Å². The summed E-state index contributed by atoms with van der Waals surface area (Å²) in [6.45, 7) is 0. The minimum absolute atomic E-state index is 0.983. The Kier molecular flexibility index (Phi) is 3.60. The highest BCUT2D eigenvalue weighted by Gasteiger charge is 2.44. The van der Waals surface area contributed by atoms with E-state index in [9.17, 15) is 15.3 Å². The molecule has 1 fully saturated rings. The minimum atomic E-state index is -1.33. The van der Waals surface area contributed by atoms with Gasteiger partial charge in [-0.2, -0.15) is 0 Å². The van der Waals surface area contributed by atoms with Gasteiger partial charge >= 0.3 is 0 Å². The summed E-state index contributed by atoms with van der Waals surface area (Å²) in [7, 11) is 2.65. The first-order valence-electron chi connectivity index (χ1n) is 3.87. The average molecular weight is 194 g/mol. The van der Waals surface area contributed by atoms with Gasteiger partial charge in [-0.05, 0) is 0 Å². The van der Waals surface area contributed by atoms with Crippen LogP contribution in [0.2, 0.25) is 0 Å². The summed E-state index contributed by atoms with van der Waals surface area (Å²) in [5, 5.41) is 27.9. The second-order valence-corrected chi connectivity index (χ2v) is 2.82. The van der Waals surface area contributed by atoms with Crippen molar-refractivity contribution in [1.29, 1.82) is 0 Å². The van der Waals surface area contributed by atoms with Crippen LogP contribution in [-0.4, -0.2) is 60.4 Å². The Hall–Kier alpha value is -0.240. The predicted octanol–water partition coefficient (Wildman–Crippen LogP) is -1.96. The van der Waals surface area contributed by atoms with Crippen LogP contribution in [0.1, 0.15) is 0 Å². The lowest BCUT2D eigenvalue weighted by Gasteiger charge is -2.38. The molecular formula is C7H14O6. The first kappa shape index (κ1) is 10.8. The number of hydrogen-bond donors (Lipinski definition) is 3. The van der Waals surface area contributed by atoms with Crippen molar-refractivity contribution in [3.05, 3.63) is 0 Å². The third-order valence-corrected chi connectivity index (χ3v) is 1.99. The minimum Gasteiger partial charge on any atom is -0.387 e. The monoisotopic (exact) mass is 194 g/mol. The van der Waals surface area contributed by atoms with Crippen molar-refractivity contribution in [3.63, 3.8) is 0 Å². The topological polar surface area (TPSA) is 88.4 Å². The summed E-state index contributed by atoms with van der Waals surface area (Å²) in [6, 6.07) is 0. The van der Waals surface area contributed by atoms with Crippen LogP contribution in [0.15, 0.2) is 0 Å². The van der Waals surface area contributed by atoms with Crippen LogP contribution >= 0.6 is 0 Å². The third-order valence-electron chi connectivity index (χ3n) is 1.99. The van der Waals surface area contributed by atoms with Gasteiger partial charge in [0.1, 0.15) is 18.3 Å². The predicted molar refractivity (Wildman–Crippen MR) is 40.7 cm³/mol. The number of rotatable bonds is 2. The largest absolute Gasteiger partial charge is 0.387 e. The van der Waals surface area contributed by atoms with Crippen molar-refractivity contribution in [2.45, 2.75) is 30.9 Å². The molecule has 0 saturated carbocycles. The van der Waals surface area contributed by atoms with E-state index in [0.717, 1.165) is 0 Å². The highest BCUT2D eigenvalue weighted by molar-refractivity contribution is 4.85. The zero-order valence-corrected chi connectivity index (χ0v) is 7.45. The smallest absolute Gasteiger partial charge is 0.188 e. The Morgan fingerprint density at radius 3 is 1.54 bits per heavy atom. The Morgan fingerprint density at radius 1 is 0.846 bits per heavy atom. The summed E-state index contributed by atoms with van der Waals surface area (Å²) in [5.41, 5.74) is 0. The maximum absolute atomic E-state index is 9.31. The van der Waals surface area contributed by atoms with Gasteiger partial charge in [-0.15, -0.1) is 0 Å². The van der Waals surface area contributed by atoms with Gasteiger partial charge in [-0.1, -0.05) is 0 Å². The van der Waals surface area contributed by atoms with Crippen molar-refractivity contribution in [2.24, 2.45) is 0 Å². The average Bonchev–Trinajstić information content (AvgIpc) is 2.15. The molecular weight excluding hydrogens is 180 g/mol. The maximum Gasteiger partial charge on any atom is 0.188 e. The second kappa shape index (κ2) is 4.32. The molecule has 0 radical (unpaired) electrons. The highest BCUT2D eigenvalue weighted by atomic mass is 16.8. The first-order chi connectivity index (χ1) is 6.11. The molecule has 1 aliphatic heterocycles. The van der Waals surface area contributed by atoms with E-state index in [1.54, 1.807) is 0 Å². The summed E-state index contributed by atoms with van der Waals surface area (Å²) in [5.74, 6) is 0. The number of ether oxygens (including phenoxy) is 3. The van der Waals surface area contributed by atoms with Gasteiger partial charge < -0.3 is 29.5 Å². The molecule has 0 aromatic rings. The van der Waals surface area contributed by atoms with Crippen molar-refractivity contribution >= 4 is 0 Å². The lowest BCUT2D eigenvalue weighted by atomic mass is 10.0. The fourth-order valence-electron chi connectivity index (χ4n) is 1.21. The zero-order chi connectivity index (χ0) is 10.0. The summed E-state index contributed by atoms with van der Waals surface area (Å²) in [6.07, 6.45) is -5.84. The fraction of sp³-hybridized carbons (Fsp3) is 1.00. The molecule has 0 aliphatic carbocycles. The van der Waals surface area contributed by atoms with E-state index in [2.05, 4.69) is 0 Å². The summed E-state index contributed by atoms with van der Waals surface area (Å²) >= 11 is 0. The first-order valence-corrected chi connectivity index (χ1v) is 3.87. The standard InChI is InChI=1S/C7H14O6/c1-11-6-4(9)3(8)5(10)7(12-2)13-6/h3-10H,1-2H3/t4-,5-,6+,7+/m1/s1. The van der Waals surface area contributed by atoms with Gasteiger partial charge in [-0.3, -0.25) is 0 Å². The van der Waals surface area contributed by atoms with Crippen LogP contribution < -0.4 is 0 Å². The van der Waals surface area contributed by atoms with Crippen molar-refractivity contribution < 1.29 is 29.5 Å². The molecule has 1 rings (SSSR count). The molecule has 1 heterocycles. The Labute approximate surface area is 75.6 Å². The molecule has 1 saturated heterocycles. The number of aliphatic hydroxyl groups excluding tert-OH is 3. The van der Waals surface area contributed by atoms with Gasteiger partial charge in [0, 0.05) is 14.2 Å². The van der Waals surface area contributed by atoms with E-state index in [1.807, 2.05) is 0 Å². The lowest BCUT2D eigenvalue weighted by molar-refractivity contribution is -0.340. The van der Waals surface area contributed by atoms with Crippen LogP contribution in [0.5, 0.6) is 0 Å². The van der Waals surface area contributed by atoms with Crippen LogP contribution in [0.25, 0.3) is 0 Å². The molecule has 6 heteroatoms. The van der Waals surface area contributed by atoms with Gasteiger partial charge in [0.05, 0.1) is 0 Å². The molecule has 78 valence electrons. The van der Waals surface area contributed by atoms with Crippen LogP contribution in [-0.2, 0) is 14.2 Å². The summed E-state index contributed by atoms with van der Waals surface area (Å²) < 4.78 is 14.4. The maximum atomic E-state index is 9.31. The van der Waals surface area contributed by atoms with Gasteiger partial charge in [-0.25, -0.2) is 0 Å². The number of hydrogen-bond acceptors (Lipinski definition) is 6. The number of methoxy groups -OCH3 is 2. The normalized spacial score (nSPS) is 46.4. The third kappa shape index (κ3) is 1.98. The highest BCUT2D eigenvalue weighted by Crippen LogP contribution is 2.21. The van der Waals surface area contributed by atoms with Gasteiger partial charge in [0.25, 0.3) is 0 Å². The quantitative estimate of drug-likeness (QED) is 0.473. The van der Waals surface area contributed by atoms with Gasteiger partial charge in [0.15, 0.2) is 12.6 Å².